The minimum atomic E-state index is -0.364. The van der Waals surface area contributed by atoms with Crippen LogP contribution in [0, 0.1) is 0 Å². The number of hydrogen-bond donors (Lipinski definition) is 3. The second-order valence-corrected chi connectivity index (χ2v) is 7.86. The van der Waals surface area contributed by atoms with E-state index in [2.05, 4.69) is 20.6 Å². The third kappa shape index (κ3) is 5.35. The summed E-state index contributed by atoms with van der Waals surface area (Å²) in [6.45, 7) is 0. The molecule has 0 atom stereocenters. The molecule has 160 valence electrons. The summed E-state index contributed by atoms with van der Waals surface area (Å²) in [5, 5.41) is 7.93. The number of aryl methyl sites for hydroxylation is 1. The molecule has 0 bridgehead atoms. The van der Waals surface area contributed by atoms with E-state index < -0.39 is 0 Å². The van der Waals surface area contributed by atoms with E-state index >= 15 is 0 Å². The van der Waals surface area contributed by atoms with Crippen molar-refractivity contribution in [3.05, 3.63) is 99.9 Å². The topological polar surface area (TPSA) is 104 Å². The predicted molar refractivity (Wildman–Crippen MR) is 126 cm³/mol. The first-order valence-electron chi connectivity index (χ1n) is 9.97. The Morgan fingerprint density at radius 3 is 2.50 bits per heavy atom. The van der Waals surface area contributed by atoms with Crippen LogP contribution < -0.4 is 16.2 Å². The van der Waals surface area contributed by atoms with Gasteiger partial charge in [-0.1, -0.05) is 48.5 Å². The Morgan fingerprint density at radius 1 is 0.938 bits per heavy atom. The maximum absolute atomic E-state index is 12.5. The van der Waals surface area contributed by atoms with Crippen LogP contribution in [-0.2, 0) is 11.2 Å². The van der Waals surface area contributed by atoms with Gasteiger partial charge in [0.2, 0.25) is 11.5 Å². The molecule has 4 aromatic rings. The molecule has 2 amide bonds. The molecular formula is C24H20N4O3S. The van der Waals surface area contributed by atoms with Crippen LogP contribution in [0.4, 0.5) is 10.8 Å². The van der Waals surface area contributed by atoms with Crippen LogP contribution in [0.1, 0.15) is 22.5 Å². The third-order valence-corrected chi connectivity index (χ3v) is 5.52. The minimum absolute atomic E-state index is 0.111. The van der Waals surface area contributed by atoms with E-state index in [4.69, 9.17) is 0 Å². The summed E-state index contributed by atoms with van der Waals surface area (Å²) in [6.07, 6.45) is 2.06. The summed E-state index contributed by atoms with van der Waals surface area (Å²) in [5.41, 5.74) is 3.53. The van der Waals surface area contributed by atoms with E-state index in [0.717, 1.165) is 22.5 Å². The summed E-state index contributed by atoms with van der Waals surface area (Å²) in [4.78, 5) is 42.7. The summed E-state index contributed by atoms with van der Waals surface area (Å²) in [5.74, 6) is -0.474. The van der Waals surface area contributed by atoms with Crippen LogP contribution in [0.2, 0.25) is 0 Å². The van der Waals surface area contributed by atoms with Gasteiger partial charge in [-0.25, -0.2) is 4.98 Å². The van der Waals surface area contributed by atoms with E-state index in [-0.39, 0.29) is 23.8 Å². The molecule has 0 aliphatic rings. The van der Waals surface area contributed by atoms with Gasteiger partial charge in [0.25, 0.3) is 5.91 Å². The predicted octanol–water partition coefficient (Wildman–Crippen LogP) is 4.32. The molecule has 3 N–H and O–H groups in total. The number of H-pyrrole nitrogens is 1. The fourth-order valence-corrected chi connectivity index (χ4v) is 3.86. The molecule has 2 aromatic heterocycles. The Hall–Kier alpha value is -4.04. The van der Waals surface area contributed by atoms with Crippen molar-refractivity contribution in [2.45, 2.75) is 12.8 Å². The number of rotatable bonds is 7. The molecule has 0 fully saturated rings. The van der Waals surface area contributed by atoms with Gasteiger partial charge >= 0.3 is 0 Å². The first-order chi connectivity index (χ1) is 15.6. The highest BCUT2D eigenvalue weighted by molar-refractivity contribution is 7.14. The molecular weight excluding hydrogens is 424 g/mol. The maximum atomic E-state index is 12.5. The highest BCUT2D eigenvalue weighted by Crippen LogP contribution is 2.27. The highest BCUT2D eigenvalue weighted by atomic mass is 32.1. The summed E-state index contributed by atoms with van der Waals surface area (Å²) in [6, 6.07) is 20.3. The first kappa shape index (κ1) is 21.2. The average Bonchev–Trinajstić information content (AvgIpc) is 3.26. The number of para-hydroxylation sites is 1. The lowest BCUT2D eigenvalue weighted by Crippen LogP contribution is -2.14. The fourth-order valence-electron chi connectivity index (χ4n) is 3.12. The van der Waals surface area contributed by atoms with Gasteiger partial charge in [0.15, 0.2) is 5.13 Å². The second kappa shape index (κ2) is 9.84. The number of anilines is 2. The van der Waals surface area contributed by atoms with E-state index in [1.54, 1.807) is 0 Å². The van der Waals surface area contributed by atoms with Gasteiger partial charge < -0.3 is 10.3 Å². The standard InChI is InChI=1S/C24H20N4O3S/c29-21-12-10-17(14-25-21)23(31)28-24-26-18(15-32-24)11-13-22(30)27-20-9-5-4-8-19(20)16-6-2-1-3-7-16/h1-10,12,14-15H,11,13H2,(H,25,29)(H,27,30)(H,26,28,31). The minimum Gasteiger partial charge on any atom is -0.328 e. The van der Waals surface area contributed by atoms with Gasteiger partial charge in [0.1, 0.15) is 0 Å². The Bertz CT molecular complexity index is 1280. The summed E-state index contributed by atoms with van der Waals surface area (Å²) >= 11 is 1.28. The SMILES string of the molecule is O=C(CCc1csc(NC(=O)c2ccc(=O)[nH]c2)n1)Nc1ccccc1-c1ccccc1. The molecule has 0 unspecified atom stereocenters. The van der Waals surface area contributed by atoms with Crippen LogP contribution in [-0.4, -0.2) is 21.8 Å². The van der Waals surface area contributed by atoms with Crippen molar-refractivity contribution in [3.63, 3.8) is 0 Å². The second-order valence-electron chi connectivity index (χ2n) is 7.00. The van der Waals surface area contributed by atoms with Crippen molar-refractivity contribution in [2.24, 2.45) is 0 Å². The molecule has 0 saturated carbocycles. The number of amides is 2. The highest BCUT2D eigenvalue weighted by Gasteiger charge is 2.12. The quantitative estimate of drug-likeness (QED) is 0.395. The van der Waals surface area contributed by atoms with Gasteiger partial charge in [-0.05, 0) is 24.1 Å². The number of carbonyl (C=O) groups is 2. The number of benzene rings is 2. The van der Waals surface area contributed by atoms with Gasteiger partial charge in [-0.3, -0.25) is 19.7 Å². The first-order valence-corrected chi connectivity index (χ1v) is 10.9. The molecule has 8 heteroatoms. The van der Waals surface area contributed by atoms with Crippen LogP contribution in [0.25, 0.3) is 11.1 Å². The Labute approximate surface area is 188 Å². The monoisotopic (exact) mass is 444 g/mol. The number of pyridine rings is 1. The van der Waals surface area contributed by atoms with Gasteiger partial charge in [0.05, 0.1) is 11.3 Å². The molecule has 4 rings (SSSR count). The Balaban J connectivity index is 1.34. The number of nitrogens with zero attached hydrogens (tertiary/aromatic N) is 1. The zero-order valence-corrected chi connectivity index (χ0v) is 17.8. The number of hydrogen-bond acceptors (Lipinski definition) is 5. The molecule has 0 saturated heterocycles. The van der Waals surface area contributed by atoms with E-state index in [9.17, 15) is 14.4 Å². The van der Waals surface area contributed by atoms with Gasteiger partial charge in [-0.15, -0.1) is 11.3 Å². The van der Waals surface area contributed by atoms with E-state index in [1.807, 2.05) is 60.0 Å². The number of aromatic nitrogens is 2. The largest absolute Gasteiger partial charge is 0.328 e. The normalized spacial score (nSPS) is 10.5. The van der Waals surface area contributed by atoms with Gasteiger partial charge in [0, 0.05) is 35.3 Å². The molecule has 7 nitrogen and oxygen atoms in total. The van der Waals surface area contributed by atoms with Crippen molar-refractivity contribution in [1.29, 1.82) is 0 Å². The van der Waals surface area contributed by atoms with Crippen molar-refractivity contribution in [1.82, 2.24) is 9.97 Å². The Kier molecular flexibility index (Phi) is 6.52. The molecule has 0 spiro atoms. The zero-order valence-electron chi connectivity index (χ0n) is 17.0. The van der Waals surface area contributed by atoms with E-state index in [1.165, 1.54) is 29.7 Å². The number of nitrogens with one attached hydrogen (secondary N) is 3. The summed E-state index contributed by atoms with van der Waals surface area (Å²) < 4.78 is 0. The number of aromatic amines is 1. The zero-order chi connectivity index (χ0) is 22.3. The van der Waals surface area contributed by atoms with Crippen LogP contribution in [0.5, 0.6) is 0 Å². The van der Waals surface area contributed by atoms with Crippen molar-refractivity contribution < 1.29 is 9.59 Å². The maximum Gasteiger partial charge on any atom is 0.258 e. The summed E-state index contributed by atoms with van der Waals surface area (Å²) in [7, 11) is 0. The third-order valence-electron chi connectivity index (χ3n) is 4.71. The van der Waals surface area contributed by atoms with Crippen molar-refractivity contribution >= 4 is 34.0 Å². The van der Waals surface area contributed by atoms with Crippen LogP contribution >= 0.6 is 11.3 Å². The van der Waals surface area contributed by atoms with E-state index in [0.29, 0.717) is 17.1 Å². The molecule has 0 aliphatic carbocycles. The fraction of sp³-hybridized carbons (Fsp3) is 0.0833. The molecule has 0 radical (unpaired) electrons. The van der Waals surface area contributed by atoms with Crippen LogP contribution in [0.3, 0.4) is 0 Å². The smallest absolute Gasteiger partial charge is 0.258 e. The molecule has 2 aromatic carbocycles. The number of carbonyl (C=O) groups excluding carboxylic acids is 2. The van der Waals surface area contributed by atoms with Crippen LogP contribution in [0.15, 0.2) is 83.1 Å². The molecule has 2 heterocycles. The lowest BCUT2D eigenvalue weighted by molar-refractivity contribution is -0.116. The van der Waals surface area contributed by atoms with Crippen molar-refractivity contribution in [2.75, 3.05) is 10.6 Å². The molecule has 32 heavy (non-hydrogen) atoms. The lowest BCUT2D eigenvalue weighted by atomic mass is 10.0. The van der Waals surface area contributed by atoms with Crippen molar-refractivity contribution in [3.8, 4) is 11.1 Å². The lowest BCUT2D eigenvalue weighted by Gasteiger charge is -2.11. The van der Waals surface area contributed by atoms with Gasteiger partial charge in [-0.2, -0.15) is 0 Å². The average molecular weight is 445 g/mol. The Morgan fingerprint density at radius 2 is 1.72 bits per heavy atom. The molecule has 0 aliphatic heterocycles. The number of thiazole rings is 1.